The first kappa shape index (κ1) is 10.1. The van der Waals surface area contributed by atoms with E-state index in [1.807, 2.05) is 0 Å². The Kier molecular flexibility index (Phi) is 3.39. The number of nitrogens with two attached hydrogens (primary N) is 1. The normalized spacial score (nSPS) is 13.6. The van der Waals surface area contributed by atoms with E-state index in [2.05, 4.69) is 0 Å². The summed E-state index contributed by atoms with van der Waals surface area (Å²) in [6.07, 6.45) is -2.88. The summed E-state index contributed by atoms with van der Waals surface area (Å²) in [5, 5.41) is 8.63. The summed E-state index contributed by atoms with van der Waals surface area (Å²) >= 11 is 0. The highest BCUT2D eigenvalue weighted by molar-refractivity contribution is 5.09. The zero-order valence-corrected chi connectivity index (χ0v) is 6.91. The van der Waals surface area contributed by atoms with Crippen molar-refractivity contribution < 1.29 is 18.3 Å². The van der Waals surface area contributed by atoms with Gasteiger partial charge in [0.1, 0.15) is 18.1 Å². The molecular formula is C8H11F2NO2. The number of hydrogen-bond acceptors (Lipinski definition) is 3. The summed E-state index contributed by atoms with van der Waals surface area (Å²) < 4.78 is 28.8. The van der Waals surface area contributed by atoms with Gasteiger partial charge in [-0.3, -0.25) is 0 Å². The van der Waals surface area contributed by atoms with E-state index >= 15 is 0 Å². The van der Waals surface area contributed by atoms with Gasteiger partial charge in [-0.15, -0.1) is 0 Å². The van der Waals surface area contributed by atoms with Gasteiger partial charge < -0.3 is 15.3 Å². The molecule has 0 aliphatic rings. The molecule has 0 saturated heterocycles. The molecule has 0 fully saturated rings. The third kappa shape index (κ3) is 2.78. The lowest BCUT2D eigenvalue weighted by Crippen LogP contribution is -2.13. The molecule has 1 aromatic heterocycles. The molecule has 0 aliphatic carbocycles. The fourth-order valence-corrected chi connectivity index (χ4v) is 0.987. The Morgan fingerprint density at radius 2 is 2.15 bits per heavy atom. The quantitative estimate of drug-likeness (QED) is 0.756. The topological polar surface area (TPSA) is 59.4 Å². The van der Waals surface area contributed by atoms with Crippen molar-refractivity contribution in [3.8, 4) is 0 Å². The molecule has 1 atom stereocenters. The number of aliphatic hydroxyl groups excluding tert-OH is 1. The molecule has 0 aliphatic heterocycles. The fourth-order valence-electron chi connectivity index (χ4n) is 0.987. The Hall–Kier alpha value is -0.940. The lowest BCUT2D eigenvalue weighted by atomic mass is 10.2. The van der Waals surface area contributed by atoms with Crippen molar-refractivity contribution in [1.82, 2.24) is 0 Å². The van der Waals surface area contributed by atoms with Crippen LogP contribution >= 0.6 is 0 Å². The van der Waals surface area contributed by atoms with Gasteiger partial charge >= 0.3 is 0 Å². The number of aliphatic hydroxyl groups is 1. The van der Waals surface area contributed by atoms with Gasteiger partial charge in [0.25, 0.3) is 0 Å². The maximum Gasteiger partial charge on any atom is 0.240 e. The van der Waals surface area contributed by atoms with Crippen LogP contribution in [0.3, 0.4) is 0 Å². The Bertz CT molecular complexity index is 262. The highest BCUT2D eigenvalue weighted by atomic mass is 19.3. The second-order valence-corrected chi connectivity index (χ2v) is 2.70. The maximum absolute atomic E-state index is 11.9. The highest BCUT2D eigenvalue weighted by Gasteiger charge is 2.15. The smallest absolute Gasteiger partial charge is 0.240 e. The van der Waals surface area contributed by atoms with Crippen LogP contribution < -0.4 is 5.73 Å². The first-order valence-corrected chi connectivity index (χ1v) is 3.86. The predicted octanol–water partition coefficient (Wildman–Crippen LogP) is 1.43. The summed E-state index contributed by atoms with van der Waals surface area (Å²) in [5.41, 5.74) is 5.41. The Balaban J connectivity index is 2.60. The molecule has 1 heterocycles. The number of furan rings is 1. The van der Waals surface area contributed by atoms with Crippen LogP contribution in [0.25, 0.3) is 0 Å². The minimum Gasteiger partial charge on any atom is -0.462 e. The van der Waals surface area contributed by atoms with Crippen molar-refractivity contribution in [2.24, 2.45) is 5.73 Å². The van der Waals surface area contributed by atoms with E-state index in [4.69, 9.17) is 15.3 Å². The largest absolute Gasteiger partial charge is 0.462 e. The molecule has 74 valence electrons. The Morgan fingerprint density at radius 1 is 1.46 bits per heavy atom. The first-order valence-electron chi connectivity index (χ1n) is 3.86. The van der Waals surface area contributed by atoms with Crippen LogP contribution in [0.2, 0.25) is 0 Å². The molecule has 3 nitrogen and oxygen atoms in total. The van der Waals surface area contributed by atoms with Crippen LogP contribution in [-0.4, -0.2) is 11.5 Å². The van der Waals surface area contributed by atoms with Crippen molar-refractivity contribution in [1.29, 1.82) is 0 Å². The van der Waals surface area contributed by atoms with Gasteiger partial charge in [-0.2, -0.15) is 0 Å². The van der Waals surface area contributed by atoms with Crippen molar-refractivity contribution in [2.45, 2.75) is 25.5 Å². The average molecular weight is 191 g/mol. The lowest BCUT2D eigenvalue weighted by molar-refractivity contribution is 0.124. The first-order chi connectivity index (χ1) is 6.13. The molecular weight excluding hydrogens is 180 g/mol. The minimum absolute atomic E-state index is 0.249. The average Bonchev–Trinajstić information content (AvgIpc) is 2.50. The minimum atomic E-state index is -2.45. The molecule has 3 N–H and O–H groups in total. The highest BCUT2D eigenvalue weighted by Crippen LogP contribution is 2.20. The molecule has 0 aromatic carbocycles. The van der Waals surface area contributed by atoms with Crippen LogP contribution in [0.4, 0.5) is 8.78 Å². The summed E-state index contributed by atoms with van der Waals surface area (Å²) in [7, 11) is 0. The van der Waals surface area contributed by atoms with E-state index in [0.29, 0.717) is 5.76 Å². The van der Waals surface area contributed by atoms with Gasteiger partial charge in [0, 0.05) is 6.42 Å². The molecule has 1 rings (SSSR count). The van der Waals surface area contributed by atoms with Crippen molar-refractivity contribution >= 4 is 0 Å². The maximum atomic E-state index is 11.9. The summed E-state index contributed by atoms with van der Waals surface area (Å²) in [4.78, 5) is 0. The van der Waals surface area contributed by atoms with Crippen LogP contribution in [0.15, 0.2) is 16.5 Å². The van der Waals surface area contributed by atoms with Gasteiger partial charge in [0.05, 0.1) is 6.04 Å². The van der Waals surface area contributed by atoms with Gasteiger partial charge in [-0.25, -0.2) is 8.78 Å². The number of alkyl halides is 2. The van der Waals surface area contributed by atoms with E-state index < -0.39 is 18.9 Å². The van der Waals surface area contributed by atoms with Crippen LogP contribution in [0, 0.1) is 0 Å². The number of hydrogen-bond donors (Lipinski definition) is 2. The molecule has 5 heteroatoms. The lowest BCUT2D eigenvalue weighted by Gasteiger charge is -2.06. The van der Waals surface area contributed by atoms with Gasteiger partial charge in [0.15, 0.2) is 0 Å². The third-order valence-electron chi connectivity index (χ3n) is 1.64. The van der Waals surface area contributed by atoms with E-state index in [9.17, 15) is 8.78 Å². The number of halogens is 2. The van der Waals surface area contributed by atoms with Gasteiger partial charge in [0.2, 0.25) is 6.43 Å². The van der Waals surface area contributed by atoms with Crippen molar-refractivity contribution in [2.75, 3.05) is 0 Å². The molecule has 0 unspecified atom stereocenters. The molecule has 1 aromatic rings. The monoisotopic (exact) mass is 191 g/mol. The van der Waals surface area contributed by atoms with Crippen LogP contribution in [0.5, 0.6) is 0 Å². The second kappa shape index (κ2) is 4.34. The van der Waals surface area contributed by atoms with E-state index in [1.54, 1.807) is 0 Å². The van der Waals surface area contributed by atoms with Gasteiger partial charge in [-0.05, 0) is 12.1 Å². The molecule has 13 heavy (non-hydrogen) atoms. The Labute approximate surface area is 74.2 Å². The van der Waals surface area contributed by atoms with Gasteiger partial charge in [-0.1, -0.05) is 0 Å². The van der Waals surface area contributed by atoms with Crippen molar-refractivity contribution in [3.63, 3.8) is 0 Å². The van der Waals surface area contributed by atoms with E-state index in [-0.39, 0.29) is 12.4 Å². The second-order valence-electron chi connectivity index (χ2n) is 2.70. The fraction of sp³-hybridized carbons (Fsp3) is 0.500. The molecule has 0 spiro atoms. The van der Waals surface area contributed by atoms with Crippen LogP contribution in [-0.2, 0) is 6.61 Å². The zero-order chi connectivity index (χ0) is 9.84. The predicted molar refractivity (Wildman–Crippen MR) is 42.2 cm³/mol. The zero-order valence-electron chi connectivity index (χ0n) is 6.91. The third-order valence-corrected chi connectivity index (χ3v) is 1.64. The molecule has 0 radical (unpaired) electrons. The molecule has 0 amide bonds. The van der Waals surface area contributed by atoms with E-state index in [0.717, 1.165) is 0 Å². The molecule has 0 saturated carbocycles. The van der Waals surface area contributed by atoms with E-state index in [1.165, 1.54) is 12.1 Å². The SMILES string of the molecule is N[C@H](CC(F)F)c1ccc(CO)o1. The Morgan fingerprint density at radius 3 is 2.62 bits per heavy atom. The molecule has 0 bridgehead atoms. The van der Waals surface area contributed by atoms with Crippen LogP contribution in [0.1, 0.15) is 24.0 Å². The summed E-state index contributed by atoms with van der Waals surface area (Å²) in [6.45, 7) is -0.249. The summed E-state index contributed by atoms with van der Waals surface area (Å²) in [5.74, 6) is 0.615. The standard InChI is InChI=1S/C8H11F2NO2/c9-8(10)3-6(11)7-2-1-5(4-12)13-7/h1-2,6,8,12H,3-4,11H2/t6-/m1/s1. The van der Waals surface area contributed by atoms with Crippen molar-refractivity contribution in [3.05, 3.63) is 23.7 Å². The number of rotatable bonds is 4. The summed E-state index contributed by atoms with van der Waals surface area (Å²) in [6, 6.07) is 2.21.